The maximum atomic E-state index is 13.2. The van der Waals surface area contributed by atoms with Gasteiger partial charge in [-0.15, -0.1) is 21.5 Å². The van der Waals surface area contributed by atoms with Crippen LogP contribution in [-0.4, -0.2) is 32.6 Å². The topological polar surface area (TPSA) is 83.0 Å². The lowest BCUT2D eigenvalue weighted by Crippen LogP contribution is -2.01. The van der Waals surface area contributed by atoms with E-state index >= 15 is 0 Å². The van der Waals surface area contributed by atoms with Gasteiger partial charge in [0.1, 0.15) is 12.4 Å². The number of aryl methyl sites for hydroxylation is 3. The van der Waals surface area contributed by atoms with Crippen LogP contribution in [0.4, 0.5) is 0 Å². The van der Waals surface area contributed by atoms with E-state index in [9.17, 15) is 4.79 Å². The Hall–Kier alpha value is -2.84. The molecule has 0 atom stereocenters. The first-order valence-electron chi connectivity index (χ1n) is 8.37. The molecule has 7 nitrogen and oxygen atoms in total. The summed E-state index contributed by atoms with van der Waals surface area (Å²) in [6, 6.07) is 4.12. The Labute approximate surface area is 159 Å². The number of benzene rings is 1. The van der Waals surface area contributed by atoms with Crippen molar-refractivity contribution >= 4 is 28.0 Å². The zero-order valence-electron chi connectivity index (χ0n) is 15.4. The van der Waals surface area contributed by atoms with E-state index in [4.69, 9.17) is 9.15 Å². The molecule has 1 aromatic carbocycles. The molecule has 0 N–H and O–H groups in total. The van der Waals surface area contributed by atoms with Gasteiger partial charge in [0.25, 0.3) is 5.89 Å². The minimum absolute atomic E-state index is 0.134. The third-order valence-corrected chi connectivity index (χ3v) is 5.29. The predicted octanol–water partition coefficient (Wildman–Crippen LogP) is 3.91. The molecule has 0 saturated carbocycles. The van der Waals surface area contributed by atoms with Crippen molar-refractivity contribution in [2.45, 2.75) is 27.5 Å². The van der Waals surface area contributed by atoms with Gasteiger partial charge in [-0.05, 0) is 37.1 Å². The summed E-state index contributed by atoms with van der Waals surface area (Å²) in [5, 5.41) is 10.8. The molecule has 3 heterocycles. The molecule has 4 rings (SSSR count). The fourth-order valence-corrected chi connectivity index (χ4v) is 3.71. The summed E-state index contributed by atoms with van der Waals surface area (Å²) in [5.74, 6) is 0.640. The third kappa shape index (κ3) is 3.07. The van der Waals surface area contributed by atoms with Crippen molar-refractivity contribution in [3.05, 3.63) is 51.3 Å². The first-order chi connectivity index (χ1) is 13.0. The van der Waals surface area contributed by atoms with Crippen LogP contribution < -0.4 is 0 Å². The van der Waals surface area contributed by atoms with Crippen LogP contribution in [0.5, 0.6) is 0 Å². The molecule has 27 heavy (non-hydrogen) atoms. The van der Waals surface area contributed by atoms with Crippen molar-refractivity contribution in [2.75, 3.05) is 7.11 Å². The standard InChI is InChI=1S/C19H18N4O3S/c1-10-5-13-14(7-23(9-25-4)16(13)6-11(10)2)17(24)19-20-15(8-27-19)18-22-21-12(3)26-18/h5-8H,9H2,1-4H3. The Morgan fingerprint density at radius 3 is 2.70 bits per heavy atom. The van der Waals surface area contributed by atoms with Gasteiger partial charge < -0.3 is 13.7 Å². The number of ether oxygens (including phenoxy) is 1. The summed E-state index contributed by atoms with van der Waals surface area (Å²) in [4.78, 5) is 17.6. The SMILES string of the molecule is COCn1cc(C(=O)c2nc(-c3nnc(C)o3)cs2)c2cc(C)c(C)cc21. The average molecular weight is 382 g/mol. The van der Waals surface area contributed by atoms with Gasteiger partial charge in [-0.25, -0.2) is 4.98 Å². The van der Waals surface area contributed by atoms with Gasteiger partial charge in [-0.2, -0.15) is 0 Å². The second-order valence-corrected chi connectivity index (χ2v) is 7.24. The molecule has 0 amide bonds. The number of thiazole rings is 1. The van der Waals surface area contributed by atoms with E-state index in [2.05, 4.69) is 28.2 Å². The molecule has 0 fully saturated rings. The molecule has 0 aliphatic rings. The number of hydrogen-bond acceptors (Lipinski definition) is 7. The highest BCUT2D eigenvalue weighted by Crippen LogP contribution is 2.29. The molecule has 8 heteroatoms. The van der Waals surface area contributed by atoms with Gasteiger partial charge >= 0.3 is 0 Å². The van der Waals surface area contributed by atoms with Crippen LogP contribution in [0.2, 0.25) is 0 Å². The van der Waals surface area contributed by atoms with Crippen LogP contribution in [-0.2, 0) is 11.5 Å². The van der Waals surface area contributed by atoms with Crippen molar-refractivity contribution in [3.8, 4) is 11.6 Å². The van der Waals surface area contributed by atoms with Crippen molar-refractivity contribution in [1.82, 2.24) is 19.7 Å². The lowest BCUT2D eigenvalue weighted by atomic mass is 10.0. The van der Waals surface area contributed by atoms with E-state index in [1.807, 2.05) is 23.8 Å². The molecule has 0 spiro atoms. The highest BCUT2D eigenvalue weighted by atomic mass is 32.1. The summed E-state index contributed by atoms with van der Waals surface area (Å²) in [5.41, 5.74) is 4.38. The Bertz CT molecular complexity index is 1160. The largest absolute Gasteiger partial charge is 0.420 e. The summed E-state index contributed by atoms with van der Waals surface area (Å²) >= 11 is 1.27. The quantitative estimate of drug-likeness (QED) is 0.487. The maximum absolute atomic E-state index is 13.2. The van der Waals surface area contributed by atoms with E-state index in [0.717, 1.165) is 16.5 Å². The fraction of sp³-hybridized carbons (Fsp3) is 0.263. The van der Waals surface area contributed by atoms with Crippen LogP contribution in [0.3, 0.4) is 0 Å². The average Bonchev–Trinajstić information content (AvgIpc) is 3.35. The van der Waals surface area contributed by atoms with Crippen LogP contribution >= 0.6 is 11.3 Å². The van der Waals surface area contributed by atoms with E-state index in [0.29, 0.717) is 34.8 Å². The minimum atomic E-state index is -0.134. The number of fused-ring (bicyclic) bond motifs is 1. The van der Waals surface area contributed by atoms with Gasteiger partial charge in [0, 0.05) is 31.0 Å². The second kappa shape index (κ2) is 6.71. The fourth-order valence-electron chi connectivity index (χ4n) is 2.97. The Morgan fingerprint density at radius 1 is 1.22 bits per heavy atom. The van der Waals surface area contributed by atoms with E-state index in [-0.39, 0.29) is 5.78 Å². The third-order valence-electron chi connectivity index (χ3n) is 4.45. The summed E-state index contributed by atoms with van der Waals surface area (Å²) in [6.45, 7) is 6.18. The number of hydrogen-bond donors (Lipinski definition) is 0. The highest BCUT2D eigenvalue weighted by molar-refractivity contribution is 7.12. The van der Waals surface area contributed by atoms with Gasteiger partial charge in [0.05, 0.1) is 11.1 Å². The monoisotopic (exact) mass is 382 g/mol. The molecular formula is C19H18N4O3S. The van der Waals surface area contributed by atoms with Crippen LogP contribution in [0, 0.1) is 20.8 Å². The Morgan fingerprint density at radius 2 is 2.00 bits per heavy atom. The number of methoxy groups -OCH3 is 1. The molecule has 0 radical (unpaired) electrons. The van der Waals surface area contributed by atoms with Gasteiger partial charge in [-0.1, -0.05) is 0 Å². The molecule has 3 aromatic heterocycles. The number of ketones is 1. The van der Waals surface area contributed by atoms with Crippen LogP contribution in [0.1, 0.15) is 32.4 Å². The second-order valence-electron chi connectivity index (χ2n) is 6.38. The zero-order valence-corrected chi connectivity index (χ0v) is 16.3. The normalized spacial score (nSPS) is 11.4. The predicted molar refractivity (Wildman–Crippen MR) is 102 cm³/mol. The summed E-state index contributed by atoms with van der Waals surface area (Å²) in [6.07, 6.45) is 1.83. The smallest absolute Gasteiger partial charge is 0.267 e. The molecule has 4 aromatic rings. The molecule has 0 aliphatic carbocycles. The number of carbonyl (C=O) groups is 1. The number of aromatic nitrogens is 4. The Kier molecular flexibility index (Phi) is 4.37. The number of nitrogens with zero attached hydrogens (tertiary/aromatic N) is 4. The van der Waals surface area contributed by atoms with E-state index in [1.54, 1.807) is 19.4 Å². The molecule has 0 bridgehead atoms. The lowest BCUT2D eigenvalue weighted by Gasteiger charge is -2.05. The molecule has 138 valence electrons. The van der Waals surface area contributed by atoms with Crippen LogP contribution in [0.25, 0.3) is 22.5 Å². The highest BCUT2D eigenvalue weighted by Gasteiger charge is 2.21. The van der Waals surface area contributed by atoms with Crippen molar-refractivity contribution in [2.24, 2.45) is 0 Å². The van der Waals surface area contributed by atoms with Crippen molar-refractivity contribution in [3.63, 3.8) is 0 Å². The molecule has 0 aliphatic heterocycles. The van der Waals surface area contributed by atoms with Gasteiger partial charge in [0.2, 0.25) is 11.7 Å². The van der Waals surface area contributed by atoms with E-state index in [1.165, 1.54) is 16.9 Å². The molecule has 0 saturated heterocycles. The summed E-state index contributed by atoms with van der Waals surface area (Å²) in [7, 11) is 1.63. The maximum Gasteiger partial charge on any atom is 0.267 e. The van der Waals surface area contributed by atoms with Gasteiger partial charge in [0.15, 0.2) is 5.01 Å². The van der Waals surface area contributed by atoms with E-state index < -0.39 is 0 Å². The number of rotatable bonds is 5. The molecule has 0 unspecified atom stereocenters. The first kappa shape index (κ1) is 17.6. The first-order valence-corrected chi connectivity index (χ1v) is 9.25. The minimum Gasteiger partial charge on any atom is -0.420 e. The van der Waals surface area contributed by atoms with Crippen molar-refractivity contribution in [1.29, 1.82) is 0 Å². The number of carbonyl (C=O) groups excluding carboxylic acids is 1. The lowest BCUT2D eigenvalue weighted by molar-refractivity contribution is 0.103. The van der Waals surface area contributed by atoms with Gasteiger partial charge in [-0.3, -0.25) is 4.79 Å². The summed E-state index contributed by atoms with van der Waals surface area (Å²) < 4.78 is 12.6. The molecular weight excluding hydrogens is 364 g/mol. The Balaban J connectivity index is 1.79. The van der Waals surface area contributed by atoms with Crippen molar-refractivity contribution < 1.29 is 13.9 Å². The zero-order chi connectivity index (χ0) is 19.1. The van der Waals surface area contributed by atoms with Crippen LogP contribution in [0.15, 0.2) is 28.1 Å².